The minimum atomic E-state index is -0.727. The third-order valence-electron chi connectivity index (χ3n) is 5.08. The molecule has 0 aromatic carbocycles. The maximum absolute atomic E-state index is 8.42. The molecular weight excluding hydrogens is 205 g/mol. The lowest BCUT2D eigenvalue weighted by Gasteiger charge is -2.64. The summed E-state index contributed by atoms with van der Waals surface area (Å²) in [6, 6.07) is 0. The van der Waals surface area contributed by atoms with Crippen molar-refractivity contribution in [2.24, 2.45) is 22.3 Å². The molecular formula is C10H16BN3O2. The minimum Gasteiger partial charge on any atom is -0.402 e. The van der Waals surface area contributed by atoms with Crippen LogP contribution < -0.4 is 0 Å². The van der Waals surface area contributed by atoms with Crippen molar-refractivity contribution < 1.29 is 9.31 Å². The molecule has 3 saturated carbocycles. The third kappa shape index (κ3) is 1.07. The van der Waals surface area contributed by atoms with Crippen molar-refractivity contribution in [1.29, 1.82) is 0 Å². The summed E-state index contributed by atoms with van der Waals surface area (Å²) < 4.78 is 11.5. The van der Waals surface area contributed by atoms with Crippen LogP contribution in [0.3, 0.4) is 0 Å². The van der Waals surface area contributed by atoms with Gasteiger partial charge in [0.1, 0.15) is 0 Å². The lowest BCUT2D eigenvalue weighted by Crippen LogP contribution is -2.65. The van der Waals surface area contributed by atoms with Gasteiger partial charge < -0.3 is 9.31 Å². The average Bonchev–Trinajstić information content (AvgIpc) is 2.53. The molecule has 3 aliphatic carbocycles. The van der Waals surface area contributed by atoms with Gasteiger partial charge in [-0.2, -0.15) is 0 Å². The molecule has 0 aromatic rings. The van der Waals surface area contributed by atoms with Gasteiger partial charge in [0.2, 0.25) is 0 Å². The Morgan fingerprint density at radius 1 is 1.38 bits per heavy atom. The van der Waals surface area contributed by atoms with E-state index in [0.29, 0.717) is 11.3 Å². The molecule has 1 aliphatic heterocycles. The predicted octanol–water partition coefficient (Wildman–Crippen LogP) is 2.52. The van der Waals surface area contributed by atoms with Crippen LogP contribution in [0, 0.1) is 17.3 Å². The van der Waals surface area contributed by atoms with Gasteiger partial charge in [0.25, 0.3) is 0 Å². The first-order chi connectivity index (χ1) is 7.48. The van der Waals surface area contributed by atoms with Crippen LogP contribution in [-0.2, 0) is 9.31 Å². The molecule has 0 amide bonds. The molecule has 5 nitrogen and oxygen atoms in total. The first-order valence-corrected chi connectivity index (χ1v) is 5.86. The minimum absolute atomic E-state index is 0.0970. The Bertz CT molecular complexity index is 382. The highest BCUT2D eigenvalue weighted by Gasteiger charge is 2.67. The summed E-state index contributed by atoms with van der Waals surface area (Å²) in [5.41, 5.74) is 8.49. The highest BCUT2D eigenvalue weighted by Crippen LogP contribution is 2.65. The Labute approximate surface area is 95.3 Å². The summed E-state index contributed by atoms with van der Waals surface area (Å²) in [5, 5.41) is 3.53. The van der Waals surface area contributed by atoms with Gasteiger partial charge in [-0.25, -0.2) is 0 Å². The molecule has 4 rings (SSSR count). The second-order valence-corrected chi connectivity index (χ2v) is 5.98. The van der Waals surface area contributed by atoms with Crippen LogP contribution in [0.4, 0.5) is 0 Å². The molecule has 86 valence electrons. The normalized spacial score (nSPS) is 47.9. The van der Waals surface area contributed by atoms with E-state index in [1.54, 1.807) is 0 Å². The van der Waals surface area contributed by atoms with E-state index in [2.05, 4.69) is 30.7 Å². The predicted molar refractivity (Wildman–Crippen MR) is 59.3 cm³/mol. The van der Waals surface area contributed by atoms with Crippen LogP contribution in [0.2, 0.25) is 0 Å². The Hall–Kier alpha value is -0.705. The quantitative estimate of drug-likeness (QED) is 0.295. The van der Waals surface area contributed by atoms with Crippen molar-refractivity contribution in [3.63, 3.8) is 0 Å². The van der Waals surface area contributed by atoms with Crippen LogP contribution in [0.1, 0.15) is 33.6 Å². The van der Waals surface area contributed by atoms with E-state index >= 15 is 0 Å². The molecule has 1 heterocycles. The van der Waals surface area contributed by atoms with Gasteiger partial charge in [0.05, 0.1) is 11.7 Å². The summed E-state index contributed by atoms with van der Waals surface area (Å²) in [4.78, 5) is 2.76. The molecule has 2 bridgehead atoms. The zero-order valence-electron chi connectivity index (χ0n) is 9.88. The van der Waals surface area contributed by atoms with Gasteiger partial charge in [-0.05, 0) is 47.5 Å². The van der Waals surface area contributed by atoms with Gasteiger partial charge in [-0.1, -0.05) is 18.9 Å². The Morgan fingerprint density at radius 3 is 2.75 bits per heavy atom. The molecule has 4 atom stereocenters. The van der Waals surface area contributed by atoms with Crippen LogP contribution in [-0.4, -0.2) is 19.0 Å². The molecule has 3 unspecified atom stereocenters. The third-order valence-corrected chi connectivity index (χ3v) is 5.08. The zero-order valence-corrected chi connectivity index (χ0v) is 9.88. The summed E-state index contributed by atoms with van der Waals surface area (Å²) in [6.45, 7) is 6.71. The molecule has 0 radical (unpaired) electrons. The van der Waals surface area contributed by atoms with Gasteiger partial charge in [-0.15, -0.1) is 0 Å². The van der Waals surface area contributed by atoms with Crippen molar-refractivity contribution >= 4 is 7.25 Å². The second-order valence-electron chi connectivity index (χ2n) is 5.98. The SMILES string of the molecule is CC1(C)C2CC3OB(N=[N+]=[N-])O[C@@]3(C)C1C2. The van der Waals surface area contributed by atoms with Gasteiger partial charge in [-0.3, -0.25) is 0 Å². The fourth-order valence-corrected chi connectivity index (χ4v) is 3.93. The van der Waals surface area contributed by atoms with Crippen molar-refractivity contribution in [2.75, 3.05) is 0 Å². The molecule has 0 aromatic heterocycles. The topological polar surface area (TPSA) is 67.2 Å². The summed E-state index contributed by atoms with van der Waals surface area (Å²) in [6.07, 6.45) is 2.34. The molecule has 4 aliphatic rings. The second kappa shape index (κ2) is 2.94. The number of nitrogens with zero attached hydrogens (tertiary/aromatic N) is 3. The average molecular weight is 221 g/mol. The highest BCUT2D eigenvalue weighted by molar-refractivity contribution is 6.43. The van der Waals surface area contributed by atoms with E-state index in [1.807, 2.05) is 0 Å². The monoisotopic (exact) mass is 221 g/mol. The van der Waals surface area contributed by atoms with Crippen molar-refractivity contribution in [3.8, 4) is 0 Å². The summed E-state index contributed by atoms with van der Waals surface area (Å²) in [5.74, 6) is 1.24. The smallest absolute Gasteiger partial charge is 0.402 e. The zero-order chi connectivity index (χ0) is 11.6. The van der Waals surface area contributed by atoms with Crippen LogP contribution >= 0.6 is 0 Å². The maximum Gasteiger partial charge on any atom is 0.549 e. The van der Waals surface area contributed by atoms with E-state index in [1.165, 1.54) is 6.42 Å². The Balaban J connectivity index is 1.89. The fraction of sp³-hybridized carbons (Fsp3) is 1.00. The Morgan fingerprint density at radius 2 is 2.12 bits per heavy atom. The van der Waals surface area contributed by atoms with E-state index in [0.717, 1.165) is 12.3 Å². The Kier molecular flexibility index (Phi) is 1.92. The molecule has 6 heteroatoms. The van der Waals surface area contributed by atoms with Crippen LogP contribution in [0.25, 0.3) is 10.4 Å². The number of rotatable bonds is 1. The van der Waals surface area contributed by atoms with Crippen molar-refractivity contribution in [3.05, 3.63) is 10.4 Å². The number of hydrogen-bond acceptors (Lipinski definition) is 3. The number of hydrogen-bond donors (Lipinski definition) is 0. The van der Waals surface area contributed by atoms with Crippen molar-refractivity contribution in [2.45, 2.75) is 45.3 Å². The summed E-state index contributed by atoms with van der Waals surface area (Å²) >= 11 is 0. The first-order valence-electron chi connectivity index (χ1n) is 5.86. The standard InChI is InChI=1S/C10H16BN3O2/c1-9(2)6-4-7(9)10(3)8(5-6)15-11(16-10)13-14-12/h6-8H,4-5H2,1-3H3/t6?,7?,8?,10-/m0/s1. The van der Waals surface area contributed by atoms with E-state index in [-0.39, 0.29) is 11.7 Å². The molecule has 0 N–H and O–H groups in total. The molecule has 16 heavy (non-hydrogen) atoms. The lowest BCUT2D eigenvalue weighted by atomic mass is 9.43. The lowest BCUT2D eigenvalue weighted by molar-refractivity contribution is -0.199. The molecule has 1 saturated heterocycles. The molecule has 0 spiro atoms. The van der Waals surface area contributed by atoms with E-state index in [4.69, 9.17) is 14.8 Å². The van der Waals surface area contributed by atoms with Gasteiger partial charge in [0.15, 0.2) is 0 Å². The van der Waals surface area contributed by atoms with Crippen LogP contribution in [0.5, 0.6) is 0 Å². The van der Waals surface area contributed by atoms with Gasteiger partial charge in [0, 0.05) is 0 Å². The number of azide groups is 1. The molecule has 4 fully saturated rings. The highest BCUT2D eigenvalue weighted by atomic mass is 16.7. The maximum atomic E-state index is 8.42. The van der Waals surface area contributed by atoms with Crippen LogP contribution in [0.15, 0.2) is 5.03 Å². The first kappa shape index (κ1) is 10.4. The fourth-order valence-electron chi connectivity index (χ4n) is 3.93. The summed E-state index contributed by atoms with van der Waals surface area (Å²) in [7, 11) is -0.727. The van der Waals surface area contributed by atoms with Gasteiger partial charge >= 0.3 is 7.25 Å². The largest absolute Gasteiger partial charge is 0.549 e. The van der Waals surface area contributed by atoms with E-state index < -0.39 is 7.25 Å². The van der Waals surface area contributed by atoms with E-state index in [9.17, 15) is 0 Å². The van der Waals surface area contributed by atoms with Crippen molar-refractivity contribution in [1.82, 2.24) is 0 Å².